The monoisotopic (exact) mass is 302 g/mol. The van der Waals surface area contributed by atoms with Crippen LogP contribution in [0.4, 0.5) is 0 Å². The maximum Gasteiger partial charge on any atom is 0.192 e. The average molecular weight is 302 g/mol. The van der Waals surface area contributed by atoms with Gasteiger partial charge in [0.15, 0.2) is 14.1 Å². The quantitative estimate of drug-likeness (QED) is 0.573. The van der Waals surface area contributed by atoms with E-state index in [2.05, 4.69) is 33.9 Å². The molecule has 0 aliphatic carbocycles. The van der Waals surface area contributed by atoms with Gasteiger partial charge in [-0.15, -0.1) is 0 Å². The molecule has 4 nitrogen and oxygen atoms in total. The maximum absolute atomic E-state index is 6.24. The van der Waals surface area contributed by atoms with Crippen LogP contribution in [0.15, 0.2) is 12.3 Å². The van der Waals surface area contributed by atoms with Crippen LogP contribution >= 0.6 is 0 Å². The summed E-state index contributed by atoms with van der Waals surface area (Å²) >= 11 is 0. The van der Waals surface area contributed by atoms with E-state index in [0.717, 1.165) is 0 Å². The fourth-order valence-corrected chi connectivity index (χ4v) is 2.83. The Morgan fingerprint density at radius 3 is 2.30 bits per heavy atom. The van der Waals surface area contributed by atoms with Crippen LogP contribution in [-0.2, 0) is 18.6 Å². The minimum atomic E-state index is -1.77. The molecule has 1 rings (SSSR count). The molecule has 0 aromatic heterocycles. The Kier molecular flexibility index (Phi) is 5.46. The Hall–Kier alpha value is -0.363. The third-order valence-electron chi connectivity index (χ3n) is 4.04. The highest BCUT2D eigenvalue weighted by atomic mass is 28.4. The molecule has 118 valence electrons. The maximum atomic E-state index is 6.24. The molecular weight excluding hydrogens is 272 g/mol. The van der Waals surface area contributed by atoms with Crippen LogP contribution in [0, 0.1) is 0 Å². The topological polar surface area (TPSA) is 36.9 Å². The summed E-state index contributed by atoms with van der Waals surface area (Å²) in [7, 11) is -0.147. The Labute approximate surface area is 124 Å². The molecule has 5 heteroatoms. The molecule has 0 aromatic rings. The zero-order chi connectivity index (χ0) is 15.6. The molecule has 0 amide bonds. The number of rotatable bonds is 5. The molecule has 20 heavy (non-hydrogen) atoms. The second-order valence-electron chi connectivity index (χ2n) is 7.27. The minimum absolute atomic E-state index is 0.0921. The van der Waals surface area contributed by atoms with Crippen molar-refractivity contribution in [3.8, 4) is 0 Å². The van der Waals surface area contributed by atoms with E-state index in [4.69, 9.17) is 18.6 Å². The standard InChI is InChI=1S/C15H30O4Si/c1-14(2,3)20(7,8)17-11-13-12(9-10-16-6)18-15(4,5)19-13/h9-10,12-13H,11H2,1-8H3/t12-,13-/m1/s1. The van der Waals surface area contributed by atoms with Crippen LogP contribution in [0.5, 0.6) is 0 Å². The molecule has 1 saturated heterocycles. The van der Waals surface area contributed by atoms with E-state index in [1.165, 1.54) is 0 Å². The summed E-state index contributed by atoms with van der Waals surface area (Å²) in [6.45, 7) is 15.6. The van der Waals surface area contributed by atoms with Crippen molar-refractivity contribution >= 4 is 8.32 Å². The predicted octanol–water partition coefficient (Wildman–Crippen LogP) is 3.69. The van der Waals surface area contributed by atoms with Crippen molar-refractivity contribution in [3.05, 3.63) is 12.3 Å². The van der Waals surface area contributed by atoms with Crippen molar-refractivity contribution < 1.29 is 18.6 Å². The molecule has 0 radical (unpaired) electrons. The SMILES string of the molecule is COC=C[C@H]1OC(C)(C)O[C@@H]1CO[Si](C)(C)C(C)(C)C. The van der Waals surface area contributed by atoms with E-state index in [-0.39, 0.29) is 17.2 Å². The molecular formula is C15H30O4Si. The molecule has 0 unspecified atom stereocenters. The summed E-state index contributed by atoms with van der Waals surface area (Å²) in [4.78, 5) is 0. The first-order chi connectivity index (χ1) is 8.98. The molecule has 0 aromatic carbocycles. The number of ether oxygens (including phenoxy) is 3. The van der Waals surface area contributed by atoms with Crippen LogP contribution in [0.2, 0.25) is 18.1 Å². The lowest BCUT2D eigenvalue weighted by atomic mass is 10.2. The second-order valence-corrected chi connectivity index (χ2v) is 12.1. The Morgan fingerprint density at radius 1 is 1.20 bits per heavy atom. The van der Waals surface area contributed by atoms with Crippen LogP contribution in [0.25, 0.3) is 0 Å². The van der Waals surface area contributed by atoms with E-state index in [0.29, 0.717) is 6.61 Å². The van der Waals surface area contributed by atoms with Crippen molar-refractivity contribution in [1.29, 1.82) is 0 Å². The van der Waals surface area contributed by atoms with Crippen LogP contribution in [0.3, 0.4) is 0 Å². The van der Waals surface area contributed by atoms with Gasteiger partial charge >= 0.3 is 0 Å². The normalized spacial score (nSPS) is 27.2. The van der Waals surface area contributed by atoms with Gasteiger partial charge in [-0.05, 0) is 38.1 Å². The van der Waals surface area contributed by atoms with Crippen molar-refractivity contribution in [2.24, 2.45) is 0 Å². The Morgan fingerprint density at radius 2 is 1.80 bits per heavy atom. The van der Waals surface area contributed by atoms with Gasteiger partial charge in [0.1, 0.15) is 12.2 Å². The smallest absolute Gasteiger partial charge is 0.192 e. The molecule has 2 atom stereocenters. The molecule has 1 fully saturated rings. The number of methoxy groups -OCH3 is 1. The first-order valence-corrected chi connectivity index (χ1v) is 10.1. The highest BCUT2D eigenvalue weighted by Crippen LogP contribution is 2.37. The third kappa shape index (κ3) is 4.58. The van der Waals surface area contributed by atoms with Crippen molar-refractivity contribution in [2.75, 3.05) is 13.7 Å². The largest absolute Gasteiger partial charge is 0.505 e. The molecule has 0 bridgehead atoms. The Balaban J connectivity index is 2.67. The molecule has 0 saturated carbocycles. The van der Waals surface area contributed by atoms with E-state index in [1.54, 1.807) is 13.4 Å². The van der Waals surface area contributed by atoms with Gasteiger partial charge in [0, 0.05) is 0 Å². The van der Waals surface area contributed by atoms with Gasteiger partial charge in [0.2, 0.25) is 0 Å². The fourth-order valence-electron chi connectivity index (χ4n) is 1.82. The summed E-state index contributed by atoms with van der Waals surface area (Å²) in [5, 5.41) is 0.194. The first kappa shape index (κ1) is 17.7. The van der Waals surface area contributed by atoms with E-state index in [1.807, 2.05) is 19.9 Å². The molecule has 1 heterocycles. The lowest BCUT2D eigenvalue weighted by Crippen LogP contribution is -2.43. The summed E-state index contributed by atoms with van der Waals surface area (Å²) < 4.78 is 23.0. The predicted molar refractivity (Wildman–Crippen MR) is 83.1 cm³/mol. The number of hydrogen-bond donors (Lipinski definition) is 0. The van der Waals surface area contributed by atoms with Crippen LogP contribution < -0.4 is 0 Å². The average Bonchev–Trinajstić information content (AvgIpc) is 2.57. The lowest BCUT2D eigenvalue weighted by Gasteiger charge is -2.37. The van der Waals surface area contributed by atoms with Gasteiger partial charge in [-0.1, -0.05) is 20.8 Å². The summed E-state index contributed by atoms with van der Waals surface area (Å²) in [5.74, 6) is -0.579. The van der Waals surface area contributed by atoms with Gasteiger partial charge in [0.05, 0.1) is 20.0 Å². The zero-order valence-electron chi connectivity index (χ0n) is 14.1. The van der Waals surface area contributed by atoms with Gasteiger partial charge in [-0.3, -0.25) is 0 Å². The van der Waals surface area contributed by atoms with E-state index in [9.17, 15) is 0 Å². The lowest BCUT2D eigenvalue weighted by molar-refractivity contribution is -0.145. The van der Waals surface area contributed by atoms with Crippen LogP contribution in [-0.4, -0.2) is 40.0 Å². The second kappa shape index (κ2) is 6.18. The summed E-state index contributed by atoms with van der Waals surface area (Å²) in [6.07, 6.45) is 3.30. The van der Waals surface area contributed by atoms with E-state index >= 15 is 0 Å². The van der Waals surface area contributed by atoms with E-state index < -0.39 is 14.1 Å². The highest BCUT2D eigenvalue weighted by Gasteiger charge is 2.43. The molecule has 0 spiro atoms. The van der Waals surface area contributed by atoms with Gasteiger partial charge < -0.3 is 18.6 Å². The van der Waals surface area contributed by atoms with Gasteiger partial charge in [-0.25, -0.2) is 0 Å². The first-order valence-electron chi connectivity index (χ1n) is 7.17. The molecule has 1 aliphatic heterocycles. The van der Waals surface area contributed by atoms with Crippen molar-refractivity contribution in [3.63, 3.8) is 0 Å². The van der Waals surface area contributed by atoms with Gasteiger partial charge in [0.25, 0.3) is 0 Å². The van der Waals surface area contributed by atoms with Crippen molar-refractivity contribution in [2.45, 2.75) is 70.7 Å². The Bertz CT molecular complexity index is 344. The highest BCUT2D eigenvalue weighted by molar-refractivity contribution is 6.74. The fraction of sp³-hybridized carbons (Fsp3) is 0.867. The van der Waals surface area contributed by atoms with Gasteiger partial charge in [-0.2, -0.15) is 0 Å². The minimum Gasteiger partial charge on any atom is -0.505 e. The summed E-state index contributed by atoms with van der Waals surface area (Å²) in [6, 6.07) is 0. The third-order valence-corrected chi connectivity index (χ3v) is 8.54. The zero-order valence-corrected chi connectivity index (χ0v) is 15.1. The van der Waals surface area contributed by atoms with Crippen LogP contribution in [0.1, 0.15) is 34.6 Å². The molecule has 1 aliphatic rings. The molecule has 0 N–H and O–H groups in total. The van der Waals surface area contributed by atoms with Crippen molar-refractivity contribution in [1.82, 2.24) is 0 Å². The summed E-state index contributed by atoms with van der Waals surface area (Å²) in [5.41, 5.74) is 0. The number of hydrogen-bond acceptors (Lipinski definition) is 4.